The summed E-state index contributed by atoms with van der Waals surface area (Å²) in [5.74, 6) is 0.669. The van der Waals surface area contributed by atoms with Crippen molar-refractivity contribution in [2.24, 2.45) is 0 Å². The SMILES string of the molecule is CCCC[Si](C)(C)/C=C/CCl. The summed E-state index contributed by atoms with van der Waals surface area (Å²) in [5.41, 5.74) is 2.36. The van der Waals surface area contributed by atoms with E-state index in [1.165, 1.54) is 18.9 Å². The Bertz CT molecular complexity index is 119. The Balaban J connectivity index is 3.69. The number of allylic oxidation sites excluding steroid dienone is 1. The second-order valence-corrected chi connectivity index (χ2v) is 8.77. The smallest absolute Gasteiger partial charge is 0.0713 e. The number of unbranched alkanes of at least 4 members (excludes halogenated alkanes) is 1. The third kappa shape index (κ3) is 6.64. The van der Waals surface area contributed by atoms with Gasteiger partial charge in [0.25, 0.3) is 0 Å². The van der Waals surface area contributed by atoms with Gasteiger partial charge in [0.05, 0.1) is 8.07 Å². The molecule has 0 fully saturated rings. The molecule has 0 atom stereocenters. The van der Waals surface area contributed by atoms with E-state index in [-0.39, 0.29) is 0 Å². The minimum absolute atomic E-state index is 0.669. The van der Waals surface area contributed by atoms with Crippen LogP contribution in [-0.2, 0) is 0 Å². The summed E-state index contributed by atoms with van der Waals surface area (Å²) in [6.07, 6.45) is 4.78. The Morgan fingerprint density at radius 1 is 1.36 bits per heavy atom. The van der Waals surface area contributed by atoms with Crippen molar-refractivity contribution in [1.29, 1.82) is 0 Å². The lowest BCUT2D eigenvalue weighted by Gasteiger charge is -2.16. The molecule has 0 aliphatic heterocycles. The van der Waals surface area contributed by atoms with E-state index in [1.54, 1.807) is 0 Å². The summed E-state index contributed by atoms with van der Waals surface area (Å²) in [6.45, 7) is 7.03. The molecule has 0 spiro atoms. The van der Waals surface area contributed by atoms with Gasteiger partial charge in [-0.1, -0.05) is 50.7 Å². The molecule has 2 heteroatoms. The molecule has 0 heterocycles. The second-order valence-electron chi connectivity index (χ2n) is 3.65. The topological polar surface area (TPSA) is 0 Å². The van der Waals surface area contributed by atoms with E-state index >= 15 is 0 Å². The van der Waals surface area contributed by atoms with Crippen molar-refractivity contribution in [2.45, 2.75) is 38.9 Å². The Morgan fingerprint density at radius 2 is 2.00 bits per heavy atom. The lowest BCUT2D eigenvalue weighted by molar-refractivity contribution is 0.870. The molecule has 0 aromatic carbocycles. The minimum Gasteiger partial charge on any atom is -0.122 e. The summed E-state index contributed by atoms with van der Waals surface area (Å²) in [4.78, 5) is 0. The number of halogens is 1. The molecule has 0 aromatic heterocycles. The molecule has 11 heavy (non-hydrogen) atoms. The quantitative estimate of drug-likeness (QED) is 0.457. The average Bonchev–Trinajstić information content (AvgIpc) is 1.97. The van der Waals surface area contributed by atoms with Gasteiger partial charge in [0.1, 0.15) is 0 Å². The van der Waals surface area contributed by atoms with Crippen LogP contribution < -0.4 is 0 Å². The molecule has 0 unspecified atom stereocenters. The largest absolute Gasteiger partial charge is 0.122 e. The van der Waals surface area contributed by atoms with Crippen LogP contribution in [0.5, 0.6) is 0 Å². The highest BCUT2D eigenvalue weighted by Gasteiger charge is 2.14. The van der Waals surface area contributed by atoms with E-state index in [9.17, 15) is 0 Å². The van der Waals surface area contributed by atoms with Crippen molar-refractivity contribution in [2.75, 3.05) is 5.88 Å². The molecule has 0 saturated carbocycles. The van der Waals surface area contributed by atoms with E-state index in [1.807, 2.05) is 0 Å². The molecule has 0 saturated heterocycles. The van der Waals surface area contributed by atoms with Crippen LogP contribution in [0.15, 0.2) is 11.8 Å². The highest BCUT2D eigenvalue weighted by Crippen LogP contribution is 2.14. The number of alkyl halides is 1. The van der Waals surface area contributed by atoms with E-state index in [0.29, 0.717) is 5.88 Å². The maximum Gasteiger partial charge on any atom is 0.0713 e. The molecule has 66 valence electrons. The van der Waals surface area contributed by atoms with E-state index in [4.69, 9.17) is 11.6 Å². The Morgan fingerprint density at radius 3 is 2.45 bits per heavy atom. The Labute approximate surface area is 76.7 Å². The molecular formula is C9H19ClSi. The summed E-state index contributed by atoms with van der Waals surface area (Å²) >= 11 is 5.58. The Kier molecular flexibility index (Phi) is 5.97. The van der Waals surface area contributed by atoms with E-state index in [0.717, 1.165) is 0 Å². The van der Waals surface area contributed by atoms with Crippen molar-refractivity contribution in [3.63, 3.8) is 0 Å². The van der Waals surface area contributed by atoms with Gasteiger partial charge in [-0.05, 0) is 0 Å². The highest BCUT2D eigenvalue weighted by atomic mass is 35.5. The molecule has 0 bridgehead atoms. The average molecular weight is 191 g/mol. The normalized spacial score (nSPS) is 12.7. The van der Waals surface area contributed by atoms with Crippen molar-refractivity contribution >= 4 is 19.7 Å². The van der Waals surface area contributed by atoms with Gasteiger partial charge in [0.15, 0.2) is 0 Å². The molecule has 0 nitrogen and oxygen atoms in total. The summed E-state index contributed by atoms with van der Waals surface area (Å²) in [5, 5.41) is 0. The number of rotatable bonds is 5. The molecule has 0 aliphatic carbocycles. The van der Waals surface area contributed by atoms with Crippen LogP contribution in [-0.4, -0.2) is 14.0 Å². The van der Waals surface area contributed by atoms with Gasteiger partial charge in [-0.15, -0.1) is 11.6 Å². The fourth-order valence-electron chi connectivity index (χ4n) is 1.08. The predicted molar refractivity (Wildman–Crippen MR) is 57.1 cm³/mol. The van der Waals surface area contributed by atoms with Crippen molar-refractivity contribution in [1.82, 2.24) is 0 Å². The first-order valence-electron chi connectivity index (χ1n) is 4.36. The molecule has 0 aromatic rings. The number of hydrogen-bond acceptors (Lipinski definition) is 0. The van der Waals surface area contributed by atoms with Gasteiger partial charge in [-0.2, -0.15) is 0 Å². The van der Waals surface area contributed by atoms with Gasteiger partial charge in [0.2, 0.25) is 0 Å². The van der Waals surface area contributed by atoms with Crippen molar-refractivity contribution in [3.05, 3.63) is 11.8 Å². The van der Waals surface area contributed by atoms with Gasteiger partial charge in [0, 0.05) is 5.88 Å². The fraction of sp³-hybridized carbons (Fsp3) is 0.778. The maximum absolute atomic E-state index is 5.58. The van der Waals surface area contributed by atoms with Crippen molar-refractivity contribution in [3.8, 4) is 0 Å². The minimum atomic E-state index is -1.01. The van der Waals surface area contributed by atoms with Crippen LogP contribution in [0.2, 0.25) is 19.1 Å². The first-order chi connectivity index (χ1) is 5.12. The Hall–Kier alpha value is 0.247. The lowest BCUT2D eigenvalue weighted by atomic mass is 10.4. The zero-order valence-electron chi connectivity index (χ0n) is 7.86. The van der Waals surface area contributed by atoms with Crippen LogP contribution >= 0.6 is 11.6 Å². The summed E-state index contributed by atoms with van der Waals surface area (Å²) in [7, 11) is -1.01. The third-order valence-corrected chi connectivity index (χ3v) is 4.79. The zero-order valence-corrected chi connectivity index (χ0v) is 9.62. The standard InChI is InChI=1S/C9H19ClSi/c1-4-5-8-11(2,3)9-6-7-10/h6,9H,4-5,7-8H2,1-3H3/b9-6+. The van der Waals surface area contributed by atoms with E-state index in [2.05, 4.69) is 31.8 Å². The molecule has 0 rings (SSSR count). The van der Waals surface area contributed by atoms with Gasteiger partial charge >= 0.3 is 0 Å². The zero-order chi connectivity index (χ0) is 8.74. The molecule has 0 amide bonds. The first kappa shape index (κ1) is 11.2. The van der Waals surface area contributed by atoms with Gasteiger partial charge < -0.3 is 0 Å². The monoisotopic (exact) mass is 190 g/mol. The molecule has 0 radical (unpaired) electrons. The summed E-state index contributed by atoms with van der Waals surface area (Å²) in [6, 6.07) is 1.40. The maximum atomic E-state index is 5.58. The summed E-state index contributed by atoms with van der Waals surface area (Å²) < 4.78 is 0. The second kappa shape index (κ2) is 5.84. The number of hydrogen-bond donors (Lipinski definition) is 0. The van der Waals surface area contributed by atoms with Crippen LogP contribution in [0.3, 0.4) is 0 Å². The van der Waals surface area contributed by atoms with E-state index < -0.39 is 8.07 Å². The molecule has 0 N–H and O–H groups in total. The predicted octanol–water partition coefficient (Wildman–Crippen LogP) is 3.83. The van der Waals surface area contributed by atoms with Crippen LogP contribution in [0, 0.1) is 0 Å². The van der Waals surface area contributed by atoms with Crippen LogP contribution in [0.1, 0.15) is 19.8 Å². The highest BCUT2D eigenvalue weighted by molar-refractivity contribution is 6.82. The lowest BCUT2D eigenvalue weighted by Crippen LogP contribution is -2.21. The van der Waals surface area contributed by atoms with Gasteiger partial charge in [-0.25, -0.2) is 0 Å². The van der Waals surface area contributed by atoms with Crippen LogP contribution in [0.25, 0.3) is 0 Å². The first-order valence-corrected chi connectivity index (χ1v) is 8.18. The van der Waals surface area contributed by atoms with Crippen LogP contribution in [0.4, 0.5) is 0 Å². The van der Waals surface area contributed by atoms with Gasteiger partial charge in [-0.3, -0.25) is 0 Å². The fourth-order valence-corrected chi connectivity index (χ4v) is 3.51. The van der Waals surface area contributed by atoms with Crippen molar-refractivity contribution < 1.29 is 0 Å². The molecule has 0 aliphatic rings. The molecular weight excluding hydrogens is 172 g/mol. The third-order valence-electron chi connectivity index (χ3n) is 1.83.